The van der Waals surface area contributed by atoms with Gasteiger partial charge in [-0.3, -0.25) is 0 Å². The van der Waals surface area contributed by atoms with E-state index in [-0.39, 0.29) is 6.09 Å². The molecule has 1 rings (SSSR count). The summed E-state index contributed by atoms with van der Waals surface area (Å²) in [7, 11) is 0. The zero-order valence-corrected chi connectivity index (χ0v) is 10.5. The van der Waals surface area contributed by atoms with Crippen molar-refractivity contribution < 1.29 is 9.53 Å². The molecule has 16 heavy (non-hydrogen) atoms. The third kappa shape index (κ3) is 4.63. The Morgan fingerprint density at radius 1 is 1.56 bits per heavy atom. The molecule has 1 aromatic heterocycles. The van der Waals surface area contributed by atoms with E-state index in [1.54, 1.807) is 18.3 Å². The number of amides is 1. The van der Waals surface area contributed by atoms with Crippen molar-refractivity contribution >= 4 is 17.4 Å². The van der Waals surface area contributed by atoms with Gasteiger partial charge in [0.2, 0.25) is 0 Å². The molecule has 1 heterocycles. The van der Waals surface area contributed by atoms with E-state index < -0.39 is 0 Å². The molecule has 0 aliphatic heterocycles. The predicted octanol–water partition coefficient (Wildman–Crippen LogP) is 2.14. The molecule has 4 nitrogen and oxygen atoms in total. The van der Waals surface area contributed by atoms with Gasteiger partial charge in [0.25, 0.3) is 0 Å². The van der Waals surface area contributed by atoms with Crippen LogP contribution in [-0.2, 0) is 4.74 Å². The second-order valence-corrected chi connectivity index (χ2v) is 4.32. The molecular weight excluding hydrogens is 224 g/mol. The van der Waals surface area contributed by atoms with Crippen LogP contribution in [0.25, 0.3) is 0 Å². The number of nitrogens with one attached hydrogen (secondary N) is 2. The van der Waals surface area contributed by atoms with Gasteiger partial charge in [0.1, 0.15) is 0 Å². The van der Waals surface area contributed by atoms with Crippen LogP contribution in [0.5, 0.6) is 0 Å². The fraction of sp³-hybridized carbons (Fsp3) is 0.545. The number of rotatable bonds is 6. The molecule has 1 atom stereocenters. The van der Waals surface area contributed by atoms with Crippen LogP contribution < -0.4 is 10.6 Å². The van der Waals surface area contributed by atoms with Gasteiger partial charge in [-0.2, -0.15) is 0 Å². The van der Waals surface area contributed by atoms with Crippen LogP contribution >= 0.6 is 11.3 Å². The molecule has 2 N–H and O–H groups in total. The Labute approximate surface area is 100 Å². The van der Waals surface area contributed by atoms with E-state index in [2.05, 4.69) is 29.0 Å². The zero-order chi connectivity index (χ0) is 11.8. The van der Waals surface area contributed by atoms with Crippen LogP contribution in [0.4, 0.5) is 4.79 Å². The number of carbonyl (C=O) groups is 1. The Hall–Kier alpha value is -1.07. The van der Waals surface area contributed by atoms with Crippen molar-refractivity contribution in [1.29, 1.82) is 0 Å². The summed E-state index contributed by atoms with van der Waals surface area (Å²) in [4.78, 5) is 12.3. The summed E-state index contributed by atoms with van der Waals surface area (Å²) in [6.07, 6.45) is -0.354. The second kappa shape index (κ2) is 7.24. The van der Waals surface area contributed by atoms with Crippen LogP contribution in [0.15, 0.2) is 17.5 Å². The molecule has 5 heteroatoms. The zero-order valence-electron chi connectivity index (χ0n) is 9.66. The number of thiophene rings is 1. The van der Waals surface area contributed by atoms with Gasteiger partial charge >= 0.3 is 6.09 Å². The van der Waals surface area contributed by atoms with Crippen molar-refractivity contribution in [3.63, 3.8) is 0 Å². The average Bonchev–Trinajstić information content (AvgIpc) is 2.78. The Morgan fingerprint density at radius 3 is 3.00 bits per heavy atom. The van der Waals surface area contributed by atoms with Crippen LogP contribution in [0, 0.1) is 0 Å². The highest BCUT2D eigenvalue weighted by Gasteiger charge is 2.05. The molecule has 0 radical (unpaired) electrons. The Kier molecular flexibility index (Phi) is 5.88. The van der Waals surface area contributed by atoms with Gasteiger partial charge in [-0.25, -0.2) is 4.79 Å². The SMILES string of the molecule is CCOC(=O)NCCNC(C)c1cccs1. The van der Waals surface area contributed by atoms with E-state index in [0.29, 0.717) is 19.2 Å². The first-order chi connectivity index (χ1) is 7.74. The van der Waals surface area contributed by atoms with Crippen molar-refractivity contribution in [1.82, 2.24) is 10.6 Å². The minimum Gasteiger partial charge on any atom is -0.450 e. The number of hydrogen-bond acceptors (Lipinski definition) is 4. The lowest BCUT2D eigenvalue weighted by atomic mass is 10.3. The van der Waals surface area contributed by atoms with Crippen molar-refractivity contribution in [2.75, 3.05) is 19.7 Å². The fourth-order valence-electron chi connectivity index (χ4n) is 1.27. The molecule has 0 spiro atoms. The normalized spacial score (nSPS) is 12.1. The minimum atomic E-state index is -0.354. The maximum atomic E-state index is 11.0. The summed E-state index contributed by atoms with van der Waals surface area (Å²) in [5.41, 5.74) is 0. The molecule has 1 amide bonds. The minimum absolute atomic E-state index is 0.323. The van der Waals surface area contributed by atoms with Crippen LogP contribution in [0.3, 0.4) is 0 Å². The molecular formula is C11H18N2O2S. The molecule has 0 bridgehead atoms. The number of carbonyl (C=O) groups excluding carboxylic acids is 1. The molecule has 0 aliphatic rings. The molecule has 90 valence electrons. The Bertz CT molecular complexity index is 301. The van der Waals surface area contributed by atoms with E-state index in [0.717, 1.165) is 6.54 Å². The van der Waals surface area contributed by atoms with Crippen LogP contribution in [0.2, 0.25) is 0 Å². The molecule has 0 aromatic carbocycles. The largest absolute Gasteiger partial charge is 0.450 e. The lowest BCUT2D eigenvalue weighted by Crippen LogP contribution is -2.33. The summed E-state index contributed by atoms with van der Waals surface area (Å²) in [5, 5.41) is 8.05. The first kappa shape index (κ1) is 13.0. The van der Waals surface area contributed by atoms with Gasteiger partial charge in [-0.15, -0.1) is 11.3 Å². The maximum Gasteiger partial charge on any atom is 0.407 e. The van der Waals surface area contributed by atoms with Gasteiger partial charge in [0.05, 0.1) is 6.61 Å². The topological polar surface area (TPSA) is 50.4 Å². The van der Waals surface area contributed by atoms with Gasteiger partial charge in [0, 0.05) is 24.0 Å². The van der Waals surface area contributed by atoms with Crippen molar-refractivity contribution in [2.45, 2.75) is 19.9 Å². The summed E-state index contributed by atoms with van der Waals surface area (Å²) in [6, 6.07) is 4.46. The van der Waals surface area contributed by atoms with E-state index in [1.807, 2.05) is 6.07 Å². The van der Waals surface area contributed by atoms with Crippen molar-refractivity contribution in [2.24, 2.45) is 0 Å². The third-order valence-corrected chi connectivity index (χ3v) is 3.15. The third-order valence-electron chi connectivity index (χ3n) is 2.09. The van der Waals surface area contributed by atoms with Crippen LogP contribution in [-0.4, -0.2) is 25.8 Å². The van der Waals surface area contributed by atoms with Gasteiger partial charge in [0.15, 0.2) is 0 Å². The van der Waals surface area contributed by atoms with Gasteiger partial charge < -0.3 is 15.4 Å². The summed E-state index contributed by atoms with van der Waals surface area (Å²) >= 11 is 1.73. The smallest absolute Gasteiger partial charge is 0.407 e. The summed E-state index contributed by atoms with van der Waals surface area (Å²) < 4.78 is 4.75. The van der Waals surface area contributed by atoms with Crippen molar-refractivity contribution in [3.05, 3.63) is 22.4 Å². The first-order valence-corrected chi connectivity index (χ1v) is 6.29. The number of ether oxygens (including phenoxy) is 1. The highest BCUT2D eigenvalue weighted by Crippen LogP contribution is 2.17. The first-order valence-electron chi connectivity index (χ1n) is 5.41. The summed E-state index contributed by atoms with van der Waals surface area (Å²) in [6.45, 7) is 5.62. The second-order valence-electron chi connectivity index (χ2n) is 3.34. The monoisotopic (exact) mass is 242 g/mol. The molecule has 1 unspecified atom stereocenters. The molecule has 1 aromatic rings. The van der Waals surface area contributed by atoms with Gasteiger partial charge in [-0.05, 0) is 25.3 Å². The lowest BCUT2D eigenvalue weighted by molar-refractivity contribution is 0.152. The Balaban J connectivity index is 2.09. The highest BCUT2D eigenvalue weighted by molar-refractivity contribution is 7.10. The van der Waals surface area contributed by atoms with E-state index in [4.69, 9.17) is 4.74 Å². The van der Waals surface area contributed by atoms with Crippen molar-refractivity contribution in [3.8, 4) is 0 Å². The number of hydrogen-bond donors (Lipinski definition) is 2. The Morgan fingerprint density at radius 2 is 2.38 bits per heavy atom. The van der Waals surface area contributed by atoms with Crippen LogP contribution in [0.1, 0.15) is 24.8 Å². The summed E-state index contributed by atoms with van der Waals surface area (Å²) in [5.74, 6) is 0. The van der Waals surface area contributed by atoms with Gasteiger partial charge in [-0.1, -0.05) is 6.07 Å². The molecule has 0 saturated carbocycles. The van der Waals surface area contributed by atoms with E-state index in [9.17, 15) is 4.79 Å². The maximum absolute atomic E-state index is 11.0. The number of alkyl carbamates (subject to hydrolysis) is 1. The molecule has 0 saturated heterocycles. The van der Waals surface area contributed by atoms with E-state index in [1.165, 1.54) is 4.88 Å². The molecule has 0 aliphatic carbocycles. The quantitative estimate of drug-likeness (QED) is 0.751. The average molecular weight is 242 g/mol. The predicted molar refractivity (Wildman–Crippen MR) is 65.8 cm³/mol. The highest BCUT2D eigenvalue weighted by atomic mass is 32.1. The standard InChI is InChI=1S/C11H18N2O2S/c1-3-15-11(14)13-7-6-12-9(2)10-5-4-8-16-10/h4-5,8-9,12H,3,6-7H2,1-2H3,(H,13,14). The van der Waals surface area contributed by atoms with E-state index >= 15 is 0 Å². The lowest BCUT2D eigenvalue weighted by Gasteiger charge is -2.12. The molecule has 0 fully saturated rings. The fourth-order valence-corrected chi connectivity index (χ4v) is 2.03.